The second-order valence-electron chi connectivity index (χ2n) is 7.24. The molecule has 1 aromatic carbocycles. The molecule has 0 spiro atoms. The number of carbonyl (C=O) groups excluding carboxylic acids is 2. The predicted molar refractivity (Wildman–Crippen MR) is 98.9 cm³/mol. The first-order valence-electron chi connectivity index (χ1n) is 9.44. The van der Waals surface area contributed by atoms with E-state index in [1.165, 1.54) is 31.3 Å². The van der Waals surface area contributed by atoms with E-state index < -0.39 is 0 Å². The third-order valence-corrected chi connectivity index (χ3v) is 5.33. The van der Waals surface area contributed by atoms with Gasteiger partial charge < -0.3 is 10.2 Å². The topological polar surface area (TPSA) is 49.4 Å². The SMILES string of the molecule is CC(NC(=O)C1CC(=O)N(CCC2=CCCCC2)C1)c1ccccc1. The van der Waals surface area contributed by atoms with Gasteiger partial charge >= 0.3 is 0 Å². The highest BCUT2D eigenvalue weighted by Gasteiger charge is 2.34. The molecule has 134 valence electrons. The zero-order chi connectivity index (χ0) is 17.6. The van der Waals surface area contributed by atoms with E-state index in [-0.39, 0.29) is 23.8 Å². The van der Waals surface area contributed by atoms with E-state index >= 15 is 0 Å². The van der Waals surface area contributed by atoms with Crippen LogP contribution in [-0.4, -0.2) is 29.8 Å². The van der Waals surface area contributed by atoms with Crippen LogP contribution in [0.2, 0.25) is 0 Å². The highest BCUT2D eigenvalue weighted by molar-refractivity contribution is 5.89. The minimum Gasteiger partial charge on any atom is -0.349 e. The summed E-state index contributed by atoms with van der Waals surface area (Å²) in [6.45, 7) is 3.29. The lowest BCUT2D eigenvalue weighted by atomic mass is 9.97. The molecule has 1 heterocycles. The lowest BCUT2D eigenvalue weighted by molar-refractivity contribution is -0.129. The van der Waals surface area contributed by atoms with Gasteiger partial charge in [0, 0.05) is 19.5 Å². The second-order valence-corrected chi connectivity index (χ2v) is 7.24. The van der Waals surface area contributed by atoms with Crippen LogP contribution in [0.5, 0.6) is 0 Å². The van der Waals surface area contributed by atoms with Crippen molar-refractivity contribution >= 4 is 11.8 Å². The Balaban J connectivity index is 1.49. The average Bonchev–Trinajstić information content (AvgIpc) is 3.02. The van der Waals surface area contributed by atoms with E-state index in [4.69, 9.17) is 0 Å². The fourth-order valence-electron chi connectivity index (χ4n) is 3.73. The minimum absolute atomic E-state index is 0.0101. The quantitative estimate of drug-likeness (QED) is 0.804. The highest BCUT2D eigenvalue weighted by atomic mass is 16.2. The number of benzene rings is 1. The summed E-state index contributed by atoms with van der Waals surface area (Å²) in [5, 5.41) is 3.06. The van der Waals surface area contributed by atoms with Gasteiger partial charge in [-0.25, -0.2) is 0 Å². The first kappa shape index (κ1) is 17.7. The molecule has 25 heavy (non-hydrogen) atoms. The van der Waals surface area contributed by atoms with Crippen LogP contribution in [0.4, 0.5) is 0 Å². The smallest absolute Gasteiger partial charge is 0.225 e. The monoisotopic (exact) mass is 340 g/mol. The minimum atomic E-state index is -0.223. The Bertz CT molecular complexity index is 639. The van der Waals surface area contributed by atoms with Gasteiger partial charge in [0.2, 0.25) is 11.8 Å². The standard InChI is InChI=1S/C21H28N2O2/c1-16(18-10-6-3-7-11-18)22-21(25)19-14-20(24)23(15-19)13-12-17-8-4-2-5-9-17/h3,6-8,10-11,16,19H,2,4-5,9,12-15H2,1H3,(H,22,25). The number of hydrogen-bond acceptors (Lipinski definition) is 2. The number of carbonyl (C=O) groups is 2. The fraction of sp³-hybridized carbons (Fsp3) is 0.524. The maximum atomic E-state index is 12.5. The molecule has 2 atom stereocenters. The maximum Gasteiger partial charge on any atom is 0.225 e. The maximum absolute atomic E-state index is 12.5. The highest BCUT2D eigenvalue weighted by Crippen LogP contribution is 2.24. The number of nitrogens with zero attached hydrogens (tertiary/aromatic N) is 1. The molecule has 1 aliphatic carbocycles. The largest absolute Gasteiger partial charge is 0.349 e. The average molecular weight is 340 g/mol. The summed E-state index contributed by atoms with van der Waals surface area (Å²) < 4.78 is 0. The molecular weight excluding hydrogens is 312 g/mol. The number of hydrogen-bond donors (Lipinski definition) is 1. The molecule has 4 nitrogen and oxygen atoms in total. The summed E-state index contributed by atoms with van der Waals surface area (Å²) in [5.74, 6) is -0.119. The van der Waals surface area contributed by atoms with E-state index in [0.29, 0.717) is 13.0 Å². The Hall–Kier alpha value is -2.10. The van der Waals surface area contributed by atoms with E-state index in [1.54, 1.807) is 0 Å². The van der Waals surface area contributed by atoms with Crippen LogP contribution in [-0.2, 0) is 9.59 Å². The number of nitrogens with one attached hydrogen (secondary N) is 1. The van der Waals surface area contributed by atoms with E-state index in [0.717, 1.165) is 18.5 Å². The third-order valence-electron chi connectivity index (χ3n) is 5.33. The first-order chi connectivity index (χ1) is 12.1. The number of amides is 2. The van der Waals surface area contributed by atoms with Gasteiger partial charge in [-0.15, -0.1) is 0 Å². The van der Waals surface area contributed by atoms with Crippen LogP contribution in [0.1, 0.15) is 57.1 Å². The zero-order valence-electron chi connectivity index (χ0n) is 15.0. The van der Waals surface area contributed by atoms with Gasteiger partial charge in [-0.3, -0.25) is 9.59 Å². The number of rotatable bonds is 6. The summed E-state index contributed by atoms with van der Waals surface area (Å²) in [6, 6.07) is 9.89. The van der Waals surface area contributed by atoms with E-state index in [9.17, 15) is 9.59 Å². The number of allylic oxidation sites excluding steroid dienone is 1. The van der Waals surface area contributed by atoms with Gasteiger partial charge in [0.25, 0.3) is 0 Å². The fourth-order valence-corrected chi connectivity index (χ4v) is 3.73. The zero-order valence-corrected chi connectivity index (χ0v) is 15.0. The second kappa shape index (κ2) is 8.32. The van der Waals surface area contributed by atoms with Crippen LogP contribution in [0, 0.1) is 5.92 Å². The van der Waals surface area contributed by atoms with Gasteiger partial charge in [-0.1, -0.05) is 42.0 Å². The van der Waals surface area contributed by atoms with Crippen molar-refractivity contribution in [3.05, 3.63) is 47.5 Å². The van der Waals surface area contributed by atoms with Crippen molar-refractivity contribution in [1.82, 2.24) is 10.2 Å². The van der Waals surface area contributed by atoms with Crippen molar-refractivity contribution in [2.45, 2.75) is 51.5 Å². The molecule has 1 fully saturated rings. The predicted octanol–water partition coefficient (Wildman–Crippen LogP) is 3.60. The molecule has 2 aliphatic rings. The molecule has 0 radical (unpaired) electrons. The molecular formula is C21H28N2O2. The Labute approximate surface area is 150 Å². The Morgan fingerprint density at radius 1 is 1.28 bits per heavy atom. The van der Waals surface area contributed by atoms with Gasteiger partial charge in [0.05, 0.1) is 12.0 Å². The molecule has 1 saturated heterocycles. The van der Waals surface area contributed by atoms with Crippen molar-refractivity contribution in [2.24, 2.45) is 5.92 Å². The third kappa shape index (κ3) is 4.71. The Morgan fingerprint density at radius 3 is 2.80 bits per heavy atom. The molecule has 2 unspecified atom stereocenters. The lowest BCUT2D eigenvalue weighted by Gasteiger charge is -2.20. The van der Waals surface area contributed by atoms with Crippen LogP contribution < -0.4 is 5.32 Å². The molecule has 0 saturated carbocycles. The van der Waals surface area contributed by atoms with Crippen molar-refractivity contribution in [2.75, 3.05) is 13.1 Å². The van der Waals surface area contributed by atoms with Gasteiger partial charge in [-0.2, -0.15) is 0 Å². The van der Waals surface area contributed by atoms with Gasteiger partial charge in [-0.05, 0) is 44.6 Å². The van der Waals surface area contributed by atoms with Gasteiger partial charge in [0.15, 0.2) is 0 Å². The van der Waals surface area contributed by atoms with Crippen LogP contribution in [0.25, 0.3) is 0 Å². The molecule has 3 rings (SSSR count). The molecule has 1 aromatic rings. The molecule has 2 amide bonds. The summed E-state index contributed by atoms with van der Waals surface area (Å²) in [4.78, 5) is 26.6. The lowest BCUT2D eigenvalue weighted by Crippen LogP contribution is -2.34. The summed E-state index contributed by atoms with van der Waals surface area (Å²) in [5.41, 5.74) is 2.56. The van der Waals surface area contributed by atoms with Crippen molar-refractivity contribution in [3.8, 4) is 0 Å². The van der Waals surface area contributed by atoms with Crippen molar-refractivity contribution in [1.29, 1.82) is 0 Å². The molecule has 1 aliphatic heterocycles. The first-order valence-corrected chi connectivity index (χ1v) is 9.44. The normalized spacial score (nSPS) is 21.8. The number of likely N-dealkylation sites (tertiary alicyclic amines) is 1. The van der Waals surface area contributed by atoms with E-state index in [2.05, 4.69) is 11.4 Å². The summed E-state index contributed by atoms with van der Waals surface area (Å²) in [6.07, 6.45) is 8.52. The van der Waals surface area contributed by atoms with Crippen molar-refractivity contribution < 1.29 is 9.59 Å². The Morgan fingerprint density at radius 2 is 2.08 bits per heavy atom. The van der Waals surface area contributed by atoms with Gasteiger partial charge in [0.1, 0.15) is 0 Å². The molecule has 0 bridgehead atoms. The summed E-state index contributed by atoms with van der Waals surface area (Å²) >= 11 is 0. The van der Waals surface area contributed by atoms with Crippen LogP contribution >= 0.6 is 0 Å². The van der Waals surface area contributed by atoms with Crippen molar-refractivity contribution in [3.63, 3.8) is 0 Å². The van der Waals surface area contributed by atoms with E-state index in [1.807, 2.05) is 42.2 Å². The molecule has 0 aromatic heterocycles. The Kier molecular flexibility index (Phi) is 5.90. The van der Waals surface area contributed by atoms with Crippen LogP contribution in [0.3, 0.4) is 0 Å². The van der Waals surface area contributed by atoms with Crippen LogP contribution in [0.15, 0.2) is 42.0 Å². The molecule has 4 heteroatoms. The molecule has 1 N–H and O–H groups in total. The summed E-state index contributed by atoms with van der Waals surface area (Å²) in [7, 11) is 0.